The topological polar surface area (TPSA) is 46.9 Å². The first-order chi connectivity index (χ1) is 9.78. The highest BCUT2D eigenvalue weighted by Crippen LogP contribution is 2.13. The van der Waals surface area contributed by atoms with Gasteiger partial charge in [-0.3, -0.25) is 4.79 Å². The van der Waals surface area contributed by atoms with Crippen molar-refractivity contribution in [1.82, 2.24) is 9.55 Å². The summed E-state index contributed by atoms with van der Waals surface area (Å²) >= 11 is 0. The zero-order valence-electron chi connectivity index (χ0n) is 11.2. The fourth-order valence-electron chi connectivity index (χ4n) is 2.28. The van der Waals surface area contributed by atoms with Crippen molar-refractivity contribution in [3.05, 3.63) is 70.6 Å². The third kappa shape index (κ3) is 2.28. The van der Waals surface area contributed by atoms with Gasteiger partial charge in [-0.05, 0) is 29.7 Å². The Morgan fingerprint density at radius 2 is 1.90 bits per heavy atom. The van der Waals surface area contributed by atoms with Gasteiger partial charge in [-0.15, -0.1) is 0 Å². The Balaban J connectivity index is 2.10. The van der Waals surface area contributed by atoms with Gasteiger partial charge >= 0.3 is 0 Å². The molecule has 20 heavy (non-hydrogen) atoms. The van der Waals surface area contributed by atoms with Crippen LogP contribution in [0.15, 0.2) is 59.4 Å². The predicted octanol–water partition coefficient (Wildman–Crippen LogP) is 2.49. The maximum atomic E-state index is 12.1. The van der Waals surface area contributed by atoms with Crippen LogP contribution < -0.4 is 10.9 Å². The van der Waals surface area contributed by atoms with Crippen LogP contribution in [0.3, 0.4) is 0 Å². The largest absolute Gasteiger partial charge is 0.373 e. The molecular weight excluding hydrogens is 250 g/mol. The summed E-state index contributed by atoms with van der Waals surface area (Å²) in [6.45, 7) is 0.468. The van der Waals surface area contributed by atoms with Gasteiger partial charge < -0.3 is 9.88 Å². The second kappa shape index (κ2) is 5.17. The molecule has 0 amide bonds. The summed E-state index contributed by atoms with van der Waals surface area (Å²) < 4.78 is 1.75. The number of pyridine rings is 2. The lowest BCUT2D eigenvalue weighted by Crippen LogP contribution is -2.20. The quantitative estimate of drug-likeness (QED) is 0.791. The highest BCUT2D eigenvalue weighted by atomic mass is 16.1. The third-order valence-electron chi connectivity index (χ3n) is 3.28. The van der Waals surface area contributed by atoms with Gasteiger partial charge in [-0.1, -0.05) is 24.3 Å². The number of nitrogens with one attached hydrogen (secondary N) is 1. The van der Waals surface area contributed by atoms with E-state index in [1.165, 1.54) is 0 Å². The van der Waals surface area contributed by atoms with E-state index >= 15 is 0 Å². The number of benzene rings is 1. The van der Waals surface area contributed by atoms with E-state index in [4.69, 9.17) is 0 Å². The number of hydrogen-bond acceptors (Lipinski definition) is 3. The van der Waals surface area contributed by atoms with E-state index in [2.05, 4.69) is 10.3 Å². The zero-order valence-corrected chi connectivity index (χ0v) is 11.2. The molecule has 0 fully saturated rings. The van der Waals surface area contributed by atoms with Crippen LogP contribution in [0, 0.1) is 0 Å². The van der Waals surface area contributed by atoms with Crippen molar-refractivity contribution >= 4 is 16.7 Å². The van der Waals surface area contributed by atoms with Crippen molar-refractivity contribution in [3.63, 3.8) is 0 Å². The first-order valence-corrected chi connectivity index (χ1v) is 6.50. The van der Waals surface area contributed by atoms with E-state index in [9.17, 15) is 4.79 Å². The van der Waals surface area contributed by atoms with E-state index in [1.807, 2.05) is 55.6 Å². The van der Waals surface area contributed by atoms with Gasteiger partial charge in [0.25, 0.3) is 5.56 Å². The molecule has 3 rings (SSSR count). The Bertz CT molecular complexity index is 808. The van der Waals surface area contributed by atoms with Gasteiger partial charge in [0.15, 0.2) is 0 Å². The van der Waals surface area contributed by atoms with Gasteiger partial charge in [0, 0.05) is 13.1 Å². The molecule has 4 nitrogen and oxygen atoms in total. The molecule has 0 aliphatic heterocycles. The second-order valence-electron chi connectivity index (χ2n) is 4.58. The first kappa shape index (κ1) is 12.4. The molecule has 2 heterocycles. The van der Waals surface area contributed by atoms with Gasteiger partial charge in [-0.25, -0.2) is 4.98 Å². The number of hydrogen-bond donors (Lipinski definition) is 1. The average molecular weight is 265 g/mol. The smallest absolute Gasteiger partial charge is 0.251 e. The van der Waals surface area contributed by atoms with Gasteiger partial charge in [0.1, 0.15) is 5.82 Å². The number of rotatable bonds is 3. The van der Waals surface area contributed by atoms with Crippen molar-refractivity contribution in [2.75, 3.05) is 12.4 Å². The summed E-state index contributed by atoms with van der Waals surface area (Å²) in [6.07, 6.45) is 0. The number of aromatic nitrogens is 2. The summed E-state index contributed by atoms with van der Waals surface area (Å²) in [7, 11) is 1.83. The van der Waals surface area contributed by atoms with E-state index in [1.54, 1.807) is 10.6 Å². The molecule has 2 aromatic heterocycles. The van der Waals surface area contributed by atoms with Crippen LogP contribution in [0.5, 0.6) is 0 Å². The minimum atomic E-state index is -0.0136. The summed E-state index contributed by atoms with van der Waals surface area (Å²) in [6, 6.07) is 17.1. The summed E-state index contributed by atoms with van der Waals surface area (Å²) in [4.78, 5) is 16.6. The molecule has 0 saturated heterocycles. The number of para-hydroxylation sites is 1. The lowest BCUT2D eigenvalue weighted by molar-refractivity contribution is 0.772. The second-order valence-corrected chi connectivity index (χ2v) is 4.58. The molecule has 4 heteroatoms. The van der Waals surface area contributed by atoms with Crippen LogP contribution in [0.2, 0.25) is 0 Å². The van der Waals surface area contributed by atoms with Gasteiger partial charge in [-0.2, -0.15) is 0 Å². The van der Waals surface area contributed by atoms with E-state index in [0.29, 0.717) is 6.54 Å². The van der Waals surface area contributed by atoms with Crippen LogP contribution in [-0.4, -0.2) is 16.6 Å². The fourth-order valence-corrected chi connectivity index (χ4v) is 2.28. The maximum Gasteiger partial charge on any atom is 0.251 e. The van der Waals surface area contributed by atoms with Crippen LogP contribution >= 0.6 is 0 Å². The molecule has 0 radical (unpaired) electrons. The third-order valence-corrected chi connectivity index (χ3v) is 3.28. The zero-order chi connectivity index (χ0) is 13.9. The molecule has 3 aromatic rings. The Morgan fingerprint density at radius 1 is 1.05 bits per heavy atom. The molecule has 0 aliphatic carbocycles. The lowest BCUT2D eigenvalue weighted by atomic mass is 10.2. The molecule has 0 saturated carbocycles. The monoisotopic (exact) mass is 265 g/mol. The van der Waals surface area contributed by atoms with E-state index in [-0.39, 0.29) is 5.56 Å². The highest BCUT2D eigenvalue weighted by Gasteiger charge is 2.04. The molecular formula is C16H15N3O. The standard InChI is InChI=1S/C16H15N3O/c1-17-15-8-4-6-13(18-15)11-19-14-7-3-2-5-12(14)9-10-16(19)20/h2-10H,11H2,1H3,(H,17,18). The van der Waals surface area contributed by atoms with Gasteiger partial charge in [0.2, 0.25) is 0 Å². The Morgan fingerprint density at radius 3 is 2.75 bits per heavy atom. The van der Waals surface area contributed by atoms with Gasteiger partial charge in [0.05, 0.1) is 17.8 Å². The SMILES string of the molecule is CNc1cccc(Cn2c(=O)ccc3ccccc32)n1. The molecule has 0 unspecified atom stereocenters. The van der Waals surface area contributed by atoms with Crippen molar-refractivity contribution < 1.29 is 0 Å². The normalized spacial score (nSPS) is 10.7. The number of anilines is 1. The van der Waals surface area contributed by atoms with Crippen molar-refractivity contribution in [3.8, 4) is 0 Å². The minimum absolute atomic E-state index is 0.0136. The summed E-state index contributed by atoms with van der Waals surface area (Å²) in [5, 5.41) is 4.06. The molecule has 1 aromatic carbocycles. The Labute approximate surface area is 116 Å². The Kier molecular flexibility index (Phi) is 3.21. The highest BCUT2D eigenvalue weighted by molar-refractivity contribution is 5.78. The first-order valence-electron chi connectivity index (χ1n) is 6.50. The van der Waals surface area contributed by atoms with Crippen LogP contribution in [0.1, 0.15) is 5.69 Å². The summed E-state index contributed by atoms with van der Waals surface area (Å²) in [5.74, 6) is 0.802. The summed E-state index contributed by atoms with van der Waals surface area (Å²) in [5.41, 5.74) is 1.77. The van der Waals surface area contributed by atoms with Crippen molar-refractivity contribution in [1.29, 1.82) is 0 Å². The van der Waals surface area contributed by atoms with E-state index in [0.717, 1.165) is 22.4 Å². The molecule has 0 bridgehead atoms. The van der Waals surface area contributed by atoms with E-state index < -0.39 is 0 Å². The minimum Gasteiger partial charge on any atom is -0.373 e. The number of nitrogens with zero attached hydrogens (tertiary/aromatic N) is 2. The molecule has 0 atom stereocenters. The molecule has 1 N–H and O–H groups in total. The Hall–Kier alpha value is -2.62. The number of fused-ring (bicyclic) bond motifs is 1. The lowest BCUT2D eigenvalue weighted by Gasteiger charge is -2.10. The van der Waals surface area contributed by atoms with Crippen molar-refractivity contribution in [2.24, 2.45) is 0 Å². The van der Waals surface area contributed by atoms with Crippen molar-refractivity contribution in [2.45, 2.75) is 6.54 Å². The molecule has 100 valence electrons. The average Bonchev–Trinajstić information content (AvgIpc) is 2.50. The van der Waals surface area contributed by atoms with Crippen LogP contribution in [0.25, 0.3) is 10.9 Å². The predicted molar refractivity (Wildman–Crippen MR) is 81.1 cm³/mol. The molecule has 0 aliphatic rings. The maximum absolute atomic E-state index is 12.1. The molecule has 0 spiro atoms. The van der Waals surface area contributed by atoms with Crippen LogP contribution in [-0.2, 0) is 6.54 Å². The fraction of sp³-hybridized carbons (Fsp3) is 0.125. The van der Waals surface area contributed by atoms with Crippen LogP contribution in [0.4, 0.5) is 5.82 Å².